The van der Waals surface area contributed by atoms with Gasteiger partial charge in [-0.05, 0) is 35.8 Å². The molecular weight excluding hydrogens is 244 g/mol. The van der Waals surface area contributed by atoms with E-state index in [9.17, 15) is 0 Å². The summed E-state index contributed by atoms with van der Waals surface area (Å²) < 4.78 is 0. The predicted octanol–water partition coefficient (Wildman–Crippen LogP) is 2.76. The summed E-state index contributed by atoms with van der Waals surface area (Å²) in [6, 6.07) is 9.57. The Labute approximate surface area is 116 Å². The van der Waals surface area contributed by atoms with Crippen molar-refractivity contribution in [2.24, 2.45) is 11.7 Å². The molecule has 1 aliphatic carbocycles. The summed E-state index contributed by atoms with van der Waals surface area (Å²) in [7, 11) is 0. The molecule has 0 radical (unpaired) electrons. The fourth-order valence-corrected chi connectivity index (χ4v) is 2.79. The van der Waals surface area contributed by atoms with Gasteiger partial charge in [-0.25, -0.2) is 0 Å². The lowest BCUT2D eigenvalue weighted by atomic mass is 10.1. The first-order valence-electron chi connectivity index (χ1n) is 6.79. The van der Waals surface area contributed by atoms with Crippen molar-refractivity contribution in [1.29, 1.82) is 0 Å². The Kier molecular flexibility index (Phi) is 4.31. The molecule has 3 rings (SSSR count). The van der Waals surface area contributed by atoms with Crippen molar-refractivity contribution in [3.8, 4) is 0 Å². The summed E-state index contributed by atoms with van der Waals surface area (Å²) >= 11 is 0. The summed E-state index contributed by atoms with van der Waals surface area (Å²) in [5, 5.41) is 0. The lowest BCUT2D eigenvalue weighted by Crippen LogP contribution is -2.28. The number of nitrogens with two attached hydrogens (primary N) is 1. The topological polar surface area (TPSA) is 29.3 Å². The third kappa shape index (κ3) is 3.05. The van der Waals surface area contributed by atoms with Crippen LogP contribution in [0.5, 0.6) is 0 Å². The second-order valence-electron chi connectivity index (χ2n) is 5.85. The standard InChI is InChI=1S/C15H22N2.ClH/c1-11-8-17(10-15(11)16)9-12-2-4-13(5-3-12)14-6-7-14;/h2-5,11,14-15H,6-10,16H2,1H3;1H. The average Bonchev–Trinajstić information content (AvgIpc) is 3.09. The van der Waals surface area contributed by atoms with Gasteiger partial charge in [-0.15, -0.1) is 12.4 Å². The van der Waals surface area contributed by atoms with Gasteiger partial charge in [0.1, 0.15) is 0 Å². The van der Waals surface area contributed by atoms with Gasteiger partial charge in [-0.3, -0.25) is 4.90 Å². The van der Waals surface area contributed by atoms with Crippen molar-refractivity contribution in [2.45, 2.75) is 38.3 Å². The Balaban J connectivity index is 0.00000120. The first-order chi connectivity index (χ1) is 8.22. The van der Waals surface area contributed by atoms with Crippen molar-refractivity contribution in [3.63, 3.8) is 0 Å². The summed E-state index contributed by atoms with van der Waals surface area (Å²) in [6.45, 7) is 5.50. The van der Waals surface area contributed by atoms with Crippen LogP contribution < -0.4 is 5.73 Å². The van der Waals surface area contributed by atoms with E-state index in [0.29, 0.717) is 12.0 Å². The summed E-state index contributed by atoms with van der Waals surface area (Å²) in [5.41, 5.74) is 9.01. The van der Waals surface area contributed by atoms with E-state index in [-0.39, 0.29) is 12.4 Å². The number of nitrogens with zero attached hydrogens (tertiary/aromatic N) is 1. The number of benzene rings is 1. The summed E-state index contributed by atoms with van der Waals surface area (Å²) in [5.74, 6) is 1.50. The second-order valence-corrected chi connectivity index (χ2v) is 5.85. The van der Waals surface area contributed by atoms with Crippen LogP contribution in [0, 0.1) is 5.92 Å². The smallest absolute Gasteiger partial charge is 0.0234 e. The zero-order valence-corrected chi connectivity index (χ0v) is 11.8. The minimum absolute atomic E-state index is 0. The Bertz CT molecular complexity index is 376. The van der Waals surface area contributed by atoms with Crippen LogP contribution in [0.1, 0.15) is 36.8 Å². The lowest BCUT2D eigenvalue weighted by molar-refractivity contribution is 0.319. The van der Waals surface area contributed by atoms with Gasteiger partial charge < -0.3 is 5.73 Å². The molecule has 1 saturated carbocycles. The van der Waals surface area contributed by atoms with Gasteiger partial charge >= 0.3 is 0 Å². The number of hydrogen-bond acceptors (Lipinski definition) is 2. The monoisotopic (exact) mass is 266 g/mol. The Morgan fingerprint density at radius 2 is 1.83 bits per heavy atom. The SMILES string of the molecule is CC1CN(Cc2ccc(C3CC3)cc2)CC1N.Cl. The van der Waals surface area contributed by atoms with Crippen molar-refractivity contribution in [2.75, 3.05) is 13.1 Å². The molecule has 2 N–H and O–H groups in total. The third-order valence-corrected chi connectivity index (χ3v) is 4.18. The second kappa shape index (κ2) is 5.60. The molecule has 2 fully saturated rings. The van der Waals surface area contributed by atoms with Crippen molar-refractivity contribution >= 4 is 12.4 Å². The maximum atomic E-state index is 6.05. The number of rotatable bonds is 3. The lowest BCUT2D eigenvalue weighted by Gasteiger charge is -2.15. The van der Waals surface area contributed by atoms with E-state index in [0.717, 1.165) is 25.6 Å². The van der Waals surface area contributed by atoms with Gasteiger partial charge in [0.2, 0.25) is 0 Å². The molecule has 0 spiro atoms. The predicted molar refractivity (Wildman–Crippen MR) is 78.1 cm³/mol. The molecule has 18 heavy (non-hydrogen) atoms. The normalized spacial score (nSPS) is 28.1. The zero-order chi connectivity index (χ0) is 11.8. The molecule has 100 valence electrons. The molecule has 1 heterocycles. The maximum Gasteiger partial charge on any atom is 0.0234 e. The minimum atomic E-state index is 0. The summed E-state index contributed by atoms with van der Waals surface area (Å²) in [4.78, 5) is 2.47. The third-order valence-electron chi connectivity index (χ3n) is 4.18. The molecular formula is C15H23ClN2. The molecule has 0 amide bonds. The van der Waals surface area contributed by atoms with Crippen LogP contribution >= 0.6 is 12.4 Å². The van der Waals surface area contributed by atoms with E-state index in [4.69, 9.17) is 5.73 Å². The molecule has 1 aromatic carbocycles. The fourth-order valence-electron chi connectivity index (χ4n) is 2.79. The highest BCUT2D eigenvalue weighted by Crippen LogP contribution is 2.39. The van der Waals surface area contributed by atoms with Gasteiger partial charge in [0.15, 0.2) is 0 Å². The molecule has 2 unspecified atom stereocenters. The molecule has 2 atom stereocenters. The van der Waals surface area contributed by atoms with Crippen LogP contribution in [0.2, 0.25) is 0 Å². The number of likely N-dealkylation sites (tertiary alicyclic amines) is 1. The van der Waals surface area contributed by atoms with Crippen molar-refractivity contribution in [3.05, 3.63) is 35.4 Å². The van der Waals surface area contributed by atoms with Crippen molar-refractivity contribution < 1.29 is 0 Å². The van der Waals surface area contributed by atoms with E-state index in [1.165, 1.54) is 24.0 Å². The van der Waals surface area contributed by atoms with Gasteiger partial charge in [0.25, 0.3) is 0 Å². The number of hydrogen-bond donors (Lipinski definition) is 1. The molecule has 2 nitrogen and oxygen atoms in total. The highest BCUT2D eigenvalue weighted by Gasteiger charge is 2.26. The van der Waals surface area contributed by atoms with Gasteiger partial charge in [-0.1, -0.05) is 31.2 Å². The van der Waals surface area contributed by atoms with Crippen LogP contribution in [0.3, 0.4) is 0 Å². The van der Waals surface area contributed by atoms with E-state index >= 15 is 0 Å². The molecule has 0 aromatic heterocycles. The highest BCUT2D eigenvalue weighted by molar-refractivity contribution is 5.85. The first kappa shape index (κ1) is 13.9. The maximum absolute atomic E-state index is 6.05. The van der Waals surface area contributed by atoms with Crippen LogP contribution in [0.4, 0.5) is 0 Å². The first-order valence-corrected chi connectivity index (χ1v) is 6.79. The van der Waals surface area contributed by atoms with Gasteiger partial charge in [-0.2, -0.15) is 0 Å². The van der Waals surface area contributed by atoms with E-state index in [1.54, 1.807) is 0 Å². The Morgan fingerprint density at radius 1 is 1.17 bits per heavy atom. The molecule has 2 aliphatic rings. The molecule has 1 aliphatic heterocycles. The van der Waals surface area contributed by atoms with E-state index in [1.807, 2.05) is 0 Å². The van der Waals surface area contributed by atoms with Gasteiger partial charge in [0, 0.05) is 25.7 Å². The Hall–Kier alpha value is -0.570. The molecule has 1 aromatic rings. The van der Waals surface area contributed by atoms with Gasteiger partial charge in [0.05, 0.1) is 0 Å². The van der Waals surface area contributed by atoms with E-state index in [2.05, 4.69) is 36.1 Å². The molecule has 0 bridgehead atoms. The zero-order valence-electron chi connectivity index (χ0n) is 11.0. The minimum Gasteiger partial charge on any atom is -0.326 e. The largest absolute Gasteiger partial charge is 0.326 e. The highest BCUT2D eigenvalue weighted by atomic mass is 35.5. The fraction of sp³-hybridized carbons (Fsp3) is 0.600. The van der Waals surface area contributed by atoms with Crippen LogP contribution in [0.25, 0.3) is 0 Å². The van der Waals surface area contributed by atoms with Crippen LogP contribution in [-0.2, 0) is 6.54 Å². The Morgan fingerprint density at radius 3 is 2.33 bits per heavy atom. The number of halogens is 1. The summed E-state index contributed by atoms with van der Waals surface area (Å²) in [6.07, 6.45) is 2.77. The molecule has 3 heteroatoms. The average molecular weight is 267 g/mol. The van der Waals surface area contributed by atoms with Crippen molar-refractivity contribution in [1.82, 2.24) is 4.90 Å². The van der Waals surface area contributed by atoms with E-state index < -0.39 is 0 Å². The van der Waals surface area contributed by atoms with Crippen LogP contribution in [-0.4, -0.2) is 24.0 Å². The van der Waals surface area contributed by atoms with Crippen LogP contribution in [0.15, 0.2) is 24.3 Å². The molecule has 1 saturated heterocycles. The quantitative estimate of drug-likeness (QED) is 0.912.